The van der Waals surface area contributed by atoms with Crippen LogP contribution in [0.2, 0.25) is 0 Å². The van der Waals surface area contributed by atoms with E-state index in [9.17, 15) is 9.90 Å². The number of hydrogen-bond acceptors (Lipinski definition) is 2. The molecule has 0 atom stereocenters. The van der Waals surface area contributed by atoms with Gasteiger partial charge in [-0.15, -0.1) is 0 Å². The van der Waals surface area contributed by atoms with E-state index in [0.717, 1.165) is 44.3 Å². The minimum atomic E-state index is -0.652. The maximum absolute atomic E-state index is 11.7. The first kappa shape index (κ1) is 13.5. The van der Waals surface area contributed by atoms with Gasteiger partial charge in [0.15, 0.2) is 0 Å². The molecule has 3 rings (SSSR count). The van der Waals surface area contributed by atoms with Crippen LogP contribution >= 0.6 is 0 Å². The molecule has 1 N–H and O–H groups in total. The van der Waals surface area contributed by atoms with Crippen molar-refractivity contribution in [1.29, 1.82) is 0 Å². The molecule has 1 aliphatic carbocycles. The Morgan fingerprint density at radius 2 is 1.55 bits per heavy atom. The molecule has 1 aliphatic heterocycles. The molecule has 1 saturated carbocycles. The molecule has 1 aromatic carbocycles. The third kappa shape index (κ3) is 2.30. The first-order valence-corrected chi connectivity index (χ1v) is 7.81. The van der Waals surface area contributed by atoms with E-state index in [2.05, 4.69) is 17.0 Å². The summed E-state index contributed by atoms with van der Waals surface area (Å²) in [5.41, 5.74) is 1.61. The fraction of sp³-hybridized carbons (Fsp3) is 0.588. The molecule has 3 nitrogen and oxygen atoms in total. The van der Waals surface area contributed by atoms with Crippen molar-refractivity contribution in [3.63, 3.8) is 0 Å². The Hall–Kier alpha value is -1.51. The molecule has 0 aromatic heterocycles. The van der Waals surface area contributed by atoms with Crippen LogP contribution in [0, 0.1) is 0 Å². The maximum Gasteiger partial charge on any atom is 0.314 e. The van der Waals surface area contributed by atoms with Gasteiger partial charge in [0, 0.05) is 18.8 Å². The lowest BCUT2D eigenvalue weighted by atomic mass is 9.79. The van der Waals surface area contributed by atoms with Crippen molar-refractivity contribution < 1.29 is 9.90 Å². The molecule has 20 heavy (non-hydrogen) atoms. The zero-order chi connectivity index (χ0) is 14.0. The highest BCUT2D eigenvalue weighted by atomic mass is 16.4. The van der Waals surface area contributed by atoms with Crippen LogP contribution in [0.4, 0.5) is 5.69 Å². The Labute approximate surface area is 120 Å². The van der Waals surface area contributed by atoms with Crippen molar-refractivity contribution in [2.75, 3.05) is 18.0 Å². The monoisotopic (exact) mass is 273 g/mol. The molecule has 108 valence electrons. The molecule has 2 aliphatic rings. The molecule has 0 unspecified atom stereocenters. The summed E-state index contributed by atoms with van der Waals surface area (Å²) in [6.07, 6.45) is 7.48. The van der Waals surface area contributed by atoms with Gasteiger partial charge >= 0.3 is 5.97 Å². The second-order valence-electron chi connectivity index (χ2n) is 6.19. The van der Waals surface area contributed by atoms with Crippen LogP contribution in [0.3, 0.4) is 0 Å². The number of benzene rings is 1. The summed E-state index contributed by atoms with van der Waals surface area (Å²) in [4.78, 5) is 14.1. The first-order chi connectivity index (χ1) is 9.72. The number of carboxylic acid groups (broad SMARTS) is 1. The molecule has 0 amide bonds. The van der Waals surface area contributed by atoms with E-state index in [-0.39, 0.29) is 0 Å². The number of aliphatic carboxylic acids is 1. The molecule has 1 aromatic rings. The lowest BCUT2D eigenvalue weighted by Crippen LogP contribution is -2.33. The predicted octanol–water partition coefficient (Wildman–Crippen LogP) is 3.57. The van der Waals surface area contributed by atoms with Crippen LogP contribution in [-0.2, 0) is 10.2 Å². The van der Waals surface area contributed by atoms with Crippen LogP contribution in [0.1, 0.15) is 50.5 Å². The van der Waals surface area contributed by atoms with Crippen molar-refractivity contribution in [3.05, 3.63) is 29.8 Å². The van der Waals surface area contributed by atoms with Crippen LogP contribution in [0.25, 0.3) is 0 Å². The van der Waals surface area contributed by atoms with Gasteiger partial charge in [-0.25, -0.2) is 0 Å². The number of piperidine rings is 1. The van der Waals surface area contributed by atoms with E-state index in [1.807, 2.05) is 12.1 Å². The molecule has 0 spiro atoms. The van der Waals surface area contributed by atoms with Crippen molar-refractivity contribution in [3.8, 4) is 0 Å². The van der Waals surface area contributed by atoms with Crippen LogP contribution in [0.15, 0.2) is 24.3 Å². The van der Waals surface area contributed by atoms with E-state index in [1.165, 1.54) is 24.9 Å². The smallest absolute Gasteiger partial charge is 0.314 e. The van der Waals surface area contributed by atoms with Gasteiger partial charge < -0.3 is 10.0 Å². The van der Waals surface area contributed by atoms with Gasteiger partial charge in [0.25, 0.3) is 0 Å². The second-order valence-corrected chi connectivity index (χ2v) is 6.19. The molecule has 0 radical (unpaired) electrons. The average Bonchev–Trinajstić information content (AvgIpc) is 2.99. The summed E-state index contributed by atoms with van der Waals surface area (Å²) >= 11 is 0. The minimum absolute atomic E-state index is 0.625. The molecule has 1 heterocycles. The summed E-state index contributed by atoms with van der Waals surface area (Å²) < 4.78 is 0. The lowest BCUT2D eigenvalue weighted by molar-refractivity contribution is -0.143. The van der Waals surface area contributed by atoms with Gasteiger partial charge in [0.05, 0.1) is 5.41 Å². The van der Waals surface area contributed by atoms with Gasteiger partial charge in [-0.2, -0.15) is 0 Å². The Kier molecular flexibility index (Phi) is 3.68. The number of rotatable bonds is 3. The molecule has 1 saturated heterocycles. The normalized spacial score (nSPS) is 21.9. The minimum Gasteiger partial charge on any atom is -0.481 e. The average molecular weight is 273 g/mol. The van der Waals surface area contributed by atoms with Gasteiger partial charge in [0.1, 0.15) is 0 Å². The van der Waals surface area contributed by atoms with Gasteiger partial charge in [-0.1, -0.05) is 25.0 Å². The highest BCUT2D eigenvalue weighted by molar-refractivity contribution is 5.82. The summed E-state index contributed by atoms with van der Waals surface area (Å²) in [6.45, 7) is 2.26. The van der Waals surface area contributed by atoms with Crippen LogP contribution in [-0.4, -0.2) is 24.2 Å². The number of nitrogens with zero attached hydrogens (tertiary/aromatic N) is 1. The van der Waals surface area contributed by atoms with Gasteiger partial charge in [0.2, 0.25) is 0 Å². The number of hydrogen-bond donors (Lipinski definition) is 1. The quantitative estimate of drug-likeness (QED) is 0.915. The van der Waals surface area contributed by atoms with Crippen molar-refractivity contribution in [1.82, 2.24) is 0 Å². The topological polar surface area (TPSA) is 40.5 Å². The van der Waals surface area contributed by atoms with E-state index >= 15 is 0 Å². The Bertz CT molecular complexity index is 468. The van der Waals surface area contributed by atoms with E-state index in [4.69, 9.17) is 0 Å². The Morgan fingerprint density at radius 3 is 2.10 bits per heavy atom. The zero-order valence-electron chi connectivity index (χ0n) is 12.0. The highest BCUT2D eigenvalue weighted by Crippen LogP contribution is 2.41. The highest BCUT2D eigenvalue weighted by Gasteiger charge is 2.42. The fourth-order valence-corrected chi connectivity index (χ4v) is 3.75. The number of anilines is 1. The summed E-state index contributed by atoms with van der Waals surface area (Å²) in [5, 5.41) is 9.62. The van der Waals surface area contributed by atoms with E-state index in [1.54, 1.807) is 0 Å². The van der Waals surface area contributed by atoms with E-state index < -0.39 is 11.4 Å². The van der Waals surface area contributed by atoms with E-state index in [0.29, 0.717) is 0 Å². The zero-order valence-corrected chi connectivity index (χ0v) is 12.0. The molecular weight excluding hydrogens is 250 g/mol. The Balaban J connectivity index is 1.83. The summed E-state index contributed by atoms with van der Waals surface area (Å²) in [5.74, 6) is -0.652. The summed E-state index contributed by atoms with van der Waals surface area (Å²) in [7, 11) is 0. The SMILES string of the molecule is O=C(O)C1(c2ccc(N3CCCCC3)cc2)CCCC1. The summed E-state index contributed by atoms with van der Waals surface area (Å²) in [6, 6.07) is 8.32. The standard InChI is InChI=1S/C17H23NO2/c19-16(20)17(10-2-3-11-17)14-6-8-15(9-7-14)18-12-4-1-5-13-18/h6-9H,1-5,10-13H2,(H,19,20). The molecule has 2 fully saturated rings. The third-order valence-corrected chi connectivity index (χ3v) is 5.01. The molecule has 3 heteroatoms. The van der Waals surface area contributed by atoms with Crippen LogP contribution < -0.4 is 4.90 Å². The molecular formula is C17H23NO2. The van der Waals surface area contributed by atoms with Crippen molar-refractivity contribution in [2.45, 2.75) is 50.4 Å². The fourth-order valence-electron chi connectivity index (χ4n) is 3.75. The Morgan fingerprint density at radius 1 is 0.950 bits per heavy atom. The first-order valence-electron chi connectivity index (χ1n) is 7.81. The largest absolute Gasteiger partial charge is 0.481 e. The second kappa shape index (κ2) is 5.47. The van der Waals surface area contributed by atoms with Crippen molar-refractivity contribution >= 4 is 11.7 Å². The molecule has 0 bridgehead atoms. The van der Waals surface area contributed by atoms with Crippen molar-refractivity contribution in [2.24, 2.45) is 0 Å². The van der Waals surface area contributed by atoms with Gasteiger partial charge in [-0.3, -0.25) is 4.79 Å². The third-order valence-electron chi connectivity index (χ3n) is 5.01. The maximum atomic E-state index is 11.7. The van der Waals surface area contributed by atoms with Crippen LogP contribution in [0.5, 0.6) is 0 Å². The number of carboxylic acids is 1. The van der Waals surface area contributed by atoms with Gasteiger partial charge in [-0.05, 0) is 49.8 Å². The lowest BCUT2D eigenvalue weighted by Gasteiger charge is -2.30. The number of carbonyl (C=O) groups is 1. The predicted molar refractivity (Wildman–Crippen MR) is 80.3 cm³/mol.